The van der Waals surface area contributed by atoms with Crippen LogP contribution in [0.3, 0.4) is 0 Å². The van der Waals surface area contributed by atoms with E-state index in [0.717, 1.165) is 25.1 Å². The zero-order valence-electron chi connectivity index (χ0n) is 16.4. The molecule has 1 fully saturated rings. The Morgan fingerprint density at radius 2 is 2.11 bits per heavy atom. The first kappa shape index (κ1) is 20.0. The van der Waals surface area contributed by atoms with Gasteiger partial charge in [-0.15, -0.1) is 0 Å². The van der Waals surface area contributed by atoms with Gasteiger partial charge in [-0.25, -0.2) is 0 Å². The summed E-state index contributed by atoms with van der Waals surface area (Å²) in [6.45, 7) is 4.02. The third-order valence-corrected chi connectivity index (χ3v) is 4.90. The summed E-state index contributed by atoms with van der Waals surface area (Å²) in [5.41, 5.74) is 0.786. The third-order valence-electron chi connectivity index (χ3n) is 4.90. The summed E-state index contributed by atoms with van der Waals surface area (Å²) in [5.74, 6) is 1.10. The minimum Gasteiger partial charge on any atom is -0.345 e. The number of likely N-dealkylation sites (N-methyl/N-ethyl adjacent to an activating group) is 1. The first-order valence-electron chi connectivity index (χ1n) is 9.62. The average molecular weight is 385 g/mol. The van der Waals surface area contributed by atoms with Gasteiger partial charge < -0.3 is 14.7 Å². The second kappa shape index (κ2) is 9.45. The van der Waals surface area contributed by atoms with Crippen LogP contribution in [0.2, 0.25) is 0 Å². The molecule has 0 bridgehead atoms. The highest BCUT2D eigenvalue weighted by molar-refractivity contribution is 5.92. The molecular weight excluding hydrogens is 358 g/mol. The number of carbonyl (C=O) groups is 2. The zero-order chi connectivity index (χ0) is 19.9. The molecule has 1 aromatic heterocycles. The van der Waals surface area contributed by atoms with Crippen molar-refractivity contribution < 1.29 is 14.1 Å². The minimum atomic E-state index is -0.0877. The van der Waals surface area contributed by atoms with Gasteiger partial charge in [-0.1, -0.05) is 23.4 Å². The lowest BCUT2D eigenvalue weighted by Gasteiger charge is -2.33. The van der Waals surface area contributed by atoms with Crippen molar-refractivity contribution >= 4 is 17.5 Å². The second-order valence-corrected chi connectivity index (χ2v) is 7.23. The Morgan fingerprint density at radius 1 is 1.32 bits per heavy atom. The summed E-state index contributed by atoms with van der Waals surface area (Å²) < 4.78 is 4.96. The van der Waals surface area contributed by atoms with Crippen molar-refractivity contribution in [3.63, 3.8) is 0 Å². The molecule has 1 aliphatic heterocycles. The quantitative estimate of drug-likeness (QED) is 0.780. The Balaban J connectivity index is 1.46. The number of amides is 2. The van der Waals surface area contributed by atoms with Crippen LogP contribution in [0.1, 0.15) is 24.6 Å². The van der Waals surface area contributed by atoms with E-state index in [0.29, 0.717) is 37.8 Å². The van der Waals surface area contributed by atoms with E-state index in [2.05, 4.69) is 20.4 Å². The number of nitrogens with one attached hydrogen (secondary N) is 1. The maximum absolute atomic E-state index is 12.8. The first-order valence-corrected chi connectivity index (χ1v) is 9.62. The summed E-state index contributed by atoms with van der Waals surface area (Å²) in [5, 5.41) is 6.76. The lowest BCUT2D eigenvalue weighted by molar-refractivity contribution is -0.136. The van der Waals surface area contributed by atoms with Crippen LogP contribution in [0.4, 0.5) is 5.69 Å². The smallest absolute Gasteiger partial charge is 0.238 e. The number of carbonyl (C=O) groups excluding carboxylic acids is 2. The molecular formula is C20H27N5O3. The second-order valence-electron chi connectivity index (χ2n) is 7.23. The predicted octanol–water partition coefficient (Wildman–Crippen LogP) is 1.73. The van der Waals surface area contributed by atoms with Crippen molar-refractivity contribution in [2.75, 3.05) is 38.5 Å². The molecule has 1 saturated heterocycles. The van der Waals surface area contributed by atoms with Gasteiger partial charge in [0.15, 0.2) is 5.82 Å². The number of hydrogen-bond acceptors (Lipinski definition) is 6. The number of likely N-dealkylation sites (tertiary alicyclic amines) is 1. The molecule has 0 spiro atoms. The van der Waals surface area contributed by atoms with Crippen LogP contribution in [0.25, 0.3) is 0 Å². The number of para-hydroxylation sites is 1. The molecule has 8 heteroatoms. The molecule has 2 amide bonds. The van der Waals surface area contributed by atoms with Gasteiger partial charge in [0.1, 0.15) is 0 Å². The van der Waals surface area contributed by atoms with E-state index in [1.165, 1.54) is 0 Å². The number of rotatable bonds is 7. The Labute approximate surface area is 164 Å². The maximum atomic E-state index is 12.8. The largest absolute Gasteiger partial charge is 0.345 e. The van der Waals surface area contributed by atoms with Gasteiger partial charge in [0, 0.05) is 39.2 Å². The maximum Gasteiger partial charge on any atom is 0.238 e. The van der Waals surface area contributed by atoms with Crippen LogP contribution in [-0.2, 0) is 16.0 Å². The molecule has 1 aromatic carbocycles. The minimum absolute atomic E-state index is 0.0554. The number of piperidine rings is 1. The number of benzene rings is 1. The highest BCUT2D eigenvalue weighted by atomic mass is 16.5. The summed E-state index contributed by atoms with van der Waals surface area (Å²) in [7, 11) is 1.80. The molecule has 150 valence electrons. The molecule has 28 heavy (non-hydrogen) atoms. The number of nitrogens with zero attached hydrogens (tertiary/aromatic N) is 4. The van der Waals surface area contributed by atoms with E-state index < -0.39 is 0 Å². The normalized spacial score (nSPS) is 17.3. The predicted molar refractivity (Wildman–Crippen MR) is 105 cm³/mol. The SMILES string of the molecule is Cc1nc(CCN(C)C(=O)C2CCCN(CC(=O)Nc3ccccc3)C2)no1. The Morgan fingerprint density at radius 3 is 2.82 bits per heavy atom. The fourth-order valence-electron chi connectivity index (χ4n) is 3.46. The standard InChI is InChI=1S/C20H27N5O3/c1-15-21-18(23-28-15)10-12-24(2)20(27)16-7-6-11-25(13-16)14-19(26)22-17-8-4-3-5-9-17/h3-5,8-9,16H,6-7,10-14H2,1-2H3,(H,22,26). The average Bonchev–Trinajstić information content (AvgIpc) is 3.11. The summed E-state index contributed by atoms with van der Waals surface area (Å²) in [6, 6.07) is 9.40. The highest BCUT2D eigenvalue weighted by Gasteiger charge is 2.28. The van der Waals surface area contributed by atoms with Gasteiger partial charge in [0.05, 0.1) is 12.5 Å². The molecule has 1 atom stereocenters. The molecule has 3 rings (SSSR count). The highest BCUT2D eigenvalue weighted by Crippen LogP contribution is 2.19. The zero-order valence-corrected chi connectivity index (χ0v) is 16.4. The Kier molecular flexibility index (Phi) is 6.76. The molecule has 2 aromatic rings. The monoisotopic (exact) mass is 385 g/mol. The van der Waals surface area contributed by atoms with Crippen molar-refractivity contribution in [2.45, 2.75) is 26.2 Å². The van der Waals surface area contributed by atoms with Gasteiger partial charge in [-0.05, 0) is 31.5 Å². The van der Waals surface area contributed by atoms with E-state index in [9.17, 15) is 9.59 Å². The van der Waals surface area contributed by atoms with E-state index in [-0.39, 0.29) is 17.7 Å². The molecule has 8 nitrogen and oxygen atoms in total. The van der Waals surface area contributed by atoms with Gasteiger partial charge >= 0.3 is 0 Å². The molecule has 0 radical (unpaired) electrons. The van der Waals surface area contributed by atoms with Gasteiger partial charge in [-0.2, -0.15) is 4.98 Å². The first-order chi connectivity index (χ1) is 13.5. The fraction of sp³-hybridized carbons (Fsp3) is 0.500. The molecule has 2 heterocycles. The lowest BCUT2D eigenvalue weighted by Crippen LogP contribution is -2.46. The Bertz CT molecular complexity index is 792. The van der Waals surface area contributed by atoms with Crippen molar-refractivity contribution in [2.24, 2.45) is 5.92 Å². The third kappa shape index (κ3) is 5.63. The van der Waals surface area contributed by atoms with Crippen LogP contribution >= 0.6 is 0 Å². The van der Waals surface area contributed by atoms with E-state index in [4.69, 9.17) is 4.52 Å². The molecule has 1 unspecified atom stereocenters. The van der Waals surface area contributed by atoms with Gasteiger partial charge in [-0.3, -0.25) is 14.5 Å². The van der Waals surface area contributed by atoms with E-state index >= 15 is 0 Å². The lowest BCUT2D eigenvalue weighted by atomic mass is 9.96. The van der Waals surface area contributed by atoms with E-state index in [1.54, 1.807) is 18.9 Å². The number of anilines is 1. The van der Waals surface area contributed by atoms with Crippen molar-refractivity contribution in [1.29, 1.82) is 0 Å². The van der Waals surface area contributed by atoms with Crippen molar-refractivity contribution in [3.05, 3.63) is 42.0 Å². The molecule has 1 aliphatic rings. The van der Waals surface area contributed by atoms with E-state index in [1.807, 2.05) is 30.3 Å². The summed E-state index contributed by atoms with van der Waals surface area (Å²) in [6.07, 6.45) is 2.32. The topological polar surface area (TPSA) is 91.6 Å². The van der Waals surface area contributed by atoms with Gasteiger partial charge in [0.25, 0.3) is 0 Å². The molecule has 0 aliphatic carbocycles. The van der Waals surface area contributed by atoms with Crippen LogP contribution in [0.5, 0.6) is 0 Å². The number of aromatic nitrogens is 2. The van der Waals surface area contributed by atoms with Crippen LogP contribution in [0, 0.1) is 12.8 Å². The van der Waals surface area contributed by atoms with Crippen LogP contribution in [0.15, 0.2) is 34.9 Å². The number of hydrogen-bond donors (Lipinski definition) is 1. The van der Waals surface area contributed by atoms with Crippen molar-refractivity contribution in [3.8, 4) is 0 Å². The van der Waals surface area contributed by atoms with Crippen LogP contribution < -0.4 is 5.32 Å². The summed E-state index contributed by atoms with van der Waals surface area (Å²) >= 11 is 0. The van der Waals surface area contributed by atoms with Gasteiger partial charge in [0.2, 0.25) is 17.7 Å². The molecule has 1 N–H and O–H groups in total. The van der Waals surface area contributed by atoms with Crippen molar-refractivity contribution in [1.82, 2.24) is 19.9 Å². The van der Waals surface area contributed by atoms with Crippen LogP contribution in [-0.4, -0.2) is 65.0 Å². The summed E-state index contributed by atoms with van der Waals surface area (Å²) in [4.78, 5) is 33.0. The number of aryl methyl sites for hydroxylation is 1. The molecule has 0 saturated carbocycles. The fourth-order valence-corrected chi connectivity index (χ4v) is 3.46. The Hall–Kier alpha value is -2.74.